The molecule has 0 spiro atoms. The van der Waals surface area contributed by atoms with Gasteiger partial charge in [0.2, 0.25) is 0 Å². The molecular weight excluding hydrogens is 340 g/mol. The largest absolute Gasteiger partial charge is 0.493 e. The maximum absolute atomic E-state index is 10.6. The van der Waals surface area contributed by atoms with Crippen molar-refractivity contribution in [3.05, 3.63) is 28.2 Å². The highest BCUT2D eigenvalue weighted by molar-refractivity contribution is 9.10. The van der Waals surface area contributed by atoms with Crippen LogP contribution in [0.1, 0.15) is 18.4 Å². The van der Waals surface area contributed by atoms with Gasteiger partial charge in [-0.2, -0.15) is 0 Å². The van der Waals surface area contributed by atoms with E-state index < -0.39 is 5.97 Å². The molecule has 5 nitrogen and oxygen atoms in total. The molecule has 21 heavy (non-hydrogen) atoms. The fourth-order valence-corrected chi connectivity index (χ4v) is 2.63. The Kier molecular flexibility index (Phi) is 5.64. The van der Waals surface area contributed by atoms with Gasteiger partial charge < -0.3 is 19.3 Å². The number of carboxylic acids is 1. The van der Waals surface area contributed by atoms with Crippen molar-refractivity contribution in [1.29, 1.82) is 0 Å². The van der Waals surface area contributed by atoms with Crippen LogP contribution in [0, 0.1) is 0 Å². The number of rotatable bonds is 5. The van der Waals surface area contributed by atoms with Gasteiger partial charge in [-0.05, 0) is 39.7 Å². The number of hydrogen-bond donors (Lipinski definition) is 1. The fourth-order valence-electron chi connectivity index (χ4n) is 2.08. The summed E-state index contributed by atoms with van der Waals surface area (Å²) >= 11 is 3.46. The third-order valence-electron chi connectivity index (χ3n) is 3.12. The Labute approximate surface area is 131 Å². The molecule has 1 fully saturated rings. The lowest BCUT2D eigenvalue weighted by atomic mass is 10.1. The van der Waals surface area contributed by atoms with Crippen LogP contribution in [0.15, 0.2) is 22.7 Å². The Bertz CT molecular complexity index is 535. The Morgan fingerprint density at radius 3 is 2.76 bits per heavy atom. The van der Waals surface area contributed by atoms with Gasteiger partial charge in [0.25, 0.3) is 0 Å². The van der Waals surface area contributed by atoms with Crippen molar-refractivity contribution in [2.75, 3.05) is 20.3 Å². The highest BCUT2D eigenvalue weighted by Crippen LogP contribution is 2.38. The van der Waals surface area contributed by atoms with Gasteiger partial charge >= 0.3 is 5.97 Å². The average Bonchev–Trinajstić information content (AvgIpc) is 2.48. The summed E-state index contributed by atoms with van der Waals surface area (Å²) in [6, 6.07) is 3.55. The zero-order valence-corrected chi connectivity index (χ0v) is 13.3. The summed E-state index contributed by atoms with van der Waals surface area (Å²) in [6.07, 6.45) is 4.38. The van der Waals surface area contributed by atoms with Crippen LogP contribution in [0.25, 0.3) is 6.08 Å². The molecule has 0 aliphatic carbocycles. The van der Waals surface area contributed by atoms with E-state index in [0.717, 1.165) is 29.0 Å². The zero-order valence-electron chi connectivity index (χ0n) is 11.7. The van der Waals surface area contributed by atoms with E-state index in [9.17, 15) is 4.79 Å². The van der Waals surface area contributed by atoms with Crippen molar-refractivity contribution >= 4 is 28.0 Å². The second-order valence-corrected chi connectivity index (χ2v) is 5.49. The fraction of sp³-hybridized carbons (Fsp3) is 0.400. The first-order chi connectivity index (χ1) is 10.1. The lowest BCUT2D eigenvalue weighted by Gasteiger charge is -2.25. The van der Waals surface area contributed by atoms with Gasteiger partial charge in [0.1, 0.15) is 6.10 Å². The van der Waals surface area contributed by atoms with Crippen LogP contribution in [0.4, 0.5) is 0 Å². The summed E-state index contributed by atoms with van der Waals surface area (Å²) in [6.45, 7) is 1.40. The van der Waals surface area contributed by atoms with E-state index >= 15 is 0 Å². The minimum Gasteiger partial charge on any atom is -0.493 e. The van der Waals surface area contributed by atoms with Crippen LogP contribution >= 0.6 is 15.9 Å². The third kappa shape index (κ3) is 4.47. The predicted octanol–water partition coefficient (Wildman–Crippen LogP) is 3.11. The summed E-state index contributed by atoms with van der Waals surface area (Å²) in [5.74, 6) is 0.213. The Hall–Kier alpha value is -1.53. The second-order valence-electron chi connectivity index (χ2n) is 4.64. The van der Waals surface area contributed by atoms with Crippen LogP contribution in [0.2, 0.25) is 0 Å². The van der Waals surface area contributed by atoms with Crippen LogP contribution in [0.5, 0.6) is 11.5 Å². The summed E-state index contributed by atoms with van der Waals surface area (Å²) in [5.41, 5.74) is 0.723. The van der Waals surface area contributed by atoms with E-state index in [1.54, 1.807) is 19.2 Å². The van der Waals surface area contributed by atoms with Crippen molar-refractivity contribution in [1.82, 2.24) is 0 Å². The first kappa shape index (κ1) is 15.9. The minimum atomic E-state index is -0.993. The molecule has 0 aromatic heterocycles. The Balaban J connectivity index is 2.22. The maximum atomic E-state index is 10.6. The molecule has 1 aliphatic heterocycles. The van der Waals surface area contributed by atoms with Crippen LogP contribution in [-0.2, 0) is 9.53 Å². The quantitative estimate of drug-likeness (QED) is 0.821. The maximum Gasteiger partial charge on any atom is 0.328 e. The smallest absolute Gasteiger partial charge is 0.328 e. The SMILES string of the molecule is COc1cc(C=CC(=O)O)cc(Br)c1OC1CCOCC1. The lowest BCUT2D eigenvalue weighted by molar-refractivity contribution is -0.131. The van der Waals surface area contributed by atoms with Crippen molar-refractivity contribution in [3.63, 3.8) is 0 Å². The number of carboxylic acid groups (broad SMARTS) is 1. The molecule has 1 aromatic rings. The second kappa shape index (κ2) is 7.47. The van der Waals surface area contributed by atoms with Gasteiger partial charge in [-0.3, -0.25) is 0 Å². The van der Waals surface area contributed by atoms with E-state index in [0.29, 0.717) is 24.7 Å². The summed E-state index contributed by atoms with van der Waals surface area (Å²) in [7, 11) is 1.56. The number of aliphatic carboxylic acids is 1. The number of methoxy groups -OCH3 is 1. The van der Waals surface area contributed by atoms with Crippen LogP contribution in [0.3, 0.4) is 0 Å². The Morgan fingerprint density at radius 2 is 2.14 bits per heavy atom. The van der Waals surface area contributed by atoms with E-state index in [1.807, 2.05) is 0 Å². The van der Waals surface area contributed by atoms with E-state index in [2.05, 4.69) is 15.9 Å². The summed E-state index contributed by atoms with van der Waals surface area (Å²) in [4.78, 5) is 10.6. The topological polar surface area (TPSA) is 65.0 Å². The Morgan fingerprint density at radius 1 is 1.43 bits per heavy atom. The monoisotopic (exact) mass is 356 g/mol. The summed E-state index contributed by atoms with van der Waals surface area (Å²) < 4.78 is 17.4. The zero-order chi connectivity index (χ0) is 15.2. The molecule has 2 rings (SSSR count). The highest BCUT2D eigenvalue weighted by Gasteiger charge is 2.19. The molecule has 0 amide bonds. The molecule has 1 N–H and O–H groups in total. The van der Waals surface area contributed by atoms with E-state index in [4.69, 9.17) is 19.3 Å². The molecule has 0 bridgehead atoms. The first-order valence-electron chi connectivity index (χ1n) is 6.63. The minimum absolute atomic E-state index is 0.101. The van der Waals surface area contributed by atoms with Gasteiger partial charge in [-0.1, -0.05) is 0 Å². The highest BCUT2D eigenvalue weighted by atomic mass is 79.9. The standard InChI is InChI=1S/C15H17BrO5/c1-19-13-9-10(2-3-14(17)18)8-12(16)15(13)21-11-4-6-20-7-5-11/h2-3,8-9,11H,4-7H2,1H3,(H,17,18). The summed E-state index contributed by atoms with van der Waals surface area (Å²) in [5, 5.41) is 8.68. The molecule has 6 heteroatoms. The predicted molar refractivity (Wildman–Crippen MR) is 81.8 cm³/mol. The number of ether oxygens (including phenoxy) is 3. The van der Waals surface area contributed by atoms with Crippen LogP contribution in [-0.4, -0.2) is 37.5 Å². The molecule has 0 atom stereocenters. The van der Waals surface area contributed by atoms with Crippen molar-refractivity contribution in [2.24, 2.45) is 0 Å². The van der Waals surface area contributed by atoms with Crippen LogP contribution < -0.4 is 9.47 Å². The molecule has 114 valence electrons. The number of hydrogen-bond acceptors (Lipinski definition) is 4. The molecule has 0 saturated carbocycles. The molecular formula is C15H17BrO5. The molecule has 1 aromatic carbocycles. The molecule has 1 aliphatic rings. The van der Waals surface area contributed by atoms with E-state index in [-0.39, 0.29) is 6.10 Å². The van der Waals surface area contributed by atoms with Crippen molar-refractivity contribution in [2.45, 2.75) is 18.9 Å². The third-order valence-corrected chi connectivity index (χ3v) is 3.71. The van der Waals surface area contributed by atoms with Gasteiger partial charge in [0.15, 0.2) is 11.5 Å². The first-order valence-corrected chi connectivity index (χ1v) is 7.42. The van der Waals surface area contributed by atoms with Crippen molar-refractivity contribution in [3.8, 4) is 11.5 Å². The normalized spacial score (nSPS) is 16.1. The number of halogens is 1. The van der Waals surface area contributed by atoms with E-state index in [1.165, 1.54) is 6.08 Å². The van der Waals surface area contributed by atoms with Gasteiger partial charge in [0.05, 0.1) is 24.8 Å². The number of carbonyl (C=O) groups is 1. The van der Waals surface area contributed by atoms with Gasteiger partial charge in [-0.25, -0.2) is 4.79 Å². The molecule has 1 saturated heterocycles. The van der Waals surface area contributed by atoms with Gasteiger partial charge in [-0.15, -0.1) is 0 Å². The lowest BCUT2D eigenvalue weighted by Crippen LogP contribution is -2.26. The average molecular weight is 357 g/mol. The number of benzene rings is 1. The molecule has 0 radical (unpaired) electrons. The van der Waals surface area contributed by atoms with Crippen molar-refractivity contribution < 1.29 is 24.1 Å². The molecule has 0 unspecified atom stereocenters. The van der Waals surface area contributed by atoms with Gasteiger partial charge in [0, 0.05) is 18.9 Å². The molecule has 1 heterocycles.